The first-order valence-corrected chi connectivity index (χ1v) is 10.9. The Bertz CT molecular complexity index is 1110. The molecule has 0 aliphatic carbocycles. The molecule has 0 aromatic heterocycles. The Hall–Kier alpha value is -2.87. The first kappa shape index (κ1) is 22.3. The summed E-state index contributed by atoms with van der Waals surface area (Å²) in [6, 6.07) is 11.4. The van der Waals surface area contributed by atoms with E-state index in [4.69, 9.17) is 27.9 Å². The SMILES string of the molecule is Cc1ccc(C(=O)NCC2CCCO2)cc1NC1=C(Cl)C(=O)N(c2ccc(Cl)cc2)C1=O. The van der Waals surface area contributed by atoms with Crippen molar-refractivity contribution in [1.29, 1.82) is 0 Å². The molecule has 1 saturated heterocycles. The minimum Gasteiger partial charge on any atom is -0.376 e. The first-order valence-electron chi connectivity index (χ1n) is 10.2. The maximum absolute atomic E-state index is 13.0. The van der Waals surface area contributed by atoms with Crippen molar-refractivity contribution in [3.05, 3.63) is 69.3 Å². The van der Waals surface area contributed by atoms with Gasteiger partial charge in [0, 0.05) is 29.4 Å². The Balaban J connectivity index is 1.52. The molecule has 0 radical (unpaired) electrons. The standard InChI is InChI=1S/C23H21Cl2N3O4/c1-13-4-5-14(21(29)26-12-17-3-2-10-32-17)11-18(13)27-20-19(25)22(30)28(23(20)31)16-8-6-15(24)7-9-16/h4-9,11,17,27H,2-3,10,12H2,1H3,(H,26,29). The largest absolute Gasteiger partial charge is 0.376 e. The molecule has 0 saturated carbocycles. The Morgan fingerprint density at radius 1 is 1.12 bits per heavy atom. The molecule has 1 fully saturated rings. The van der Waals surface area contributed by atoms with Crippen LogP contribution in [-0.2, 0) is 14.3 Å². The number of nitrogens with one attached hydrogen (secondary N) is 2. The number of anilines is 2. The highest BCUT2D eigenvalue weighted by Gasteiger charge is 2.39. The molecule has 0 spiro atoms. The Morgan fingerprint density at radius 3 is 2.56 bits per heavy atom. The monoisotopic (exact) mass is 473 g/mol. The highest BCUT2D eigenvalue weighted by atomic mass is 35.5. The summed E-state index contributed by atoms with van der Waals surface area (Å²) in [4.78, 5) is 39.2. The van der Waals surface area contributed by atoms with Crippen LogP contribution in [0.25, 0.3) is 0 Å². The van der Waals surface area contributed by atoms with E-state index < -0.39 is 11.8 Å². The minimum absolute atomic E-state index is 0.0342. The fourth-order valence-corrected chi connectivity index (χ4v) is 3.92. The van der Waals surface area contributed by atoms with Crippen LogP contribution in [0.3, 0.4) is 0 Å². The third-order valence-electron chi connectivity index (χ3n) is 5.39. The Morgan fingerprint density at radius 2 is 1.88 bits per heavy atom. The van der Waals surface area contributed by atoms with Gasteiger partial charge in [0.1, 0.15) is 10.7 Å². The quantitative estimate of drug-likeness (QED) is 0.619. The third kappa shape index (κ3) is 4.50. The van der Waals surface area contributed by atoms with Gasteiger partial charge in [-0.2, -0.15) is 0 Å². The molecule has 3 amide bonds. The lowest BCUT2D eigenvalue weighted by Gasteiger charge is -2.16. The van der Waals surface area contributed by atoms with Crippen molar-refractivity contribution in [2.75, 3.05) is 23.4 Å². The van der Waals surface area contributed by atoms with Gasteiger partial charge in [0.15, 0.2) is 0 Å². The van der Waals surface area contributed by atoms with Crippen LogP contribution in [0.15, 0.2) is 53.2 Å². The van der Waals surface area contributed by atoms with E-state index in [1.807, 2.05) is 6.92 Å². The predicted molar refractivity (Wildman–Crippen MR) is 123 cm³/mol. The van der Waals surface area contributed by atoms with E-state index in [9.17, 15) is 14.4 Å². The molecule has 2 aromatic carbocycles. The lowest BCUT2D eigenvalue weighted by molar-refractivity contribution is -0.120. The molecule has 1 unspecified atom stereocenters. The zero-order valence-corrected chi connectivity index (χ0v) is 18.8. The summed E-state index contributed by atoms with van der Waals surface area (Å²) in [5.41, 5.74) is 2.01. The third-order valence-corrected chi connectivity index (χ3v) is 5.99. The highest BCUT2D eigenvalue weighted by Crippen LogP contribution is 2.31. The number of aryl methyl sites for hydroxylation is 1. The zero-order chi connectivity index (χ0) is 22.8. The lowest BCUT2D eigenvalue weighted by atomic mass is 10.1. The van der Waals surface area contributed by atoms with Crippen LogP contribution in [0.5, 0.6) is 0 Å². The number of nitrogens with zero attached hydrogens (tertiary/aromatic N) is 1. The summed E-state index contributed by atoms with van der Waals surface area (Å²) < 4.78 is 5.53. The van der Waals surface area contributed by atoms with E-state index in [0.29, 0.717) is 28.5 Å². The number of amides is 3. The molecule has 166 valence electrons. The number of imide groups is 1. The summed E-state index contributed by atoms with van der Waals surface area (Å²) in [6.45, 7) is 2.98. The fourth-order valence-electron chi connectivity index (χ4n) is 3.58. The van der Waals surface area contributed by atoms with Gasteiger partial charge < -0.3 is 15.4 Å². The summed E-state index contributed by atoms with van der Waals surface area (Å²) >= 11 is 12.1. The van der Waals surface area contributed by atoms with Crippen molar-refractivity contribution in [1.82, 2.24) is 5.32 Å². The number of ether oxygens (including phenoxy) is 1. The maximum atomic E-state index is 13.0. The fraction of sp³-hybridized carbons (Fsp3) is 0.261. The molecule has 2 aromatic rings. The number of rotatable bonds is 6. The van der Waals surface area contributed by atoms with E-state index in [1.54, 1.807) is 42.5 Å². The Kier molecular flexibility index (Phi) is 6.50. The predicted octanol–water partition coefficient (Wildman–Crippen LogP) is 3.99. The Labute approximate surface area is 195 Å². The second-order valence-electron chi connectivity index (χ2n) is 7.61. The van der Waals surface area contributed by atoms with Crippen LogP contribution < -0.4 is 15.5 Å². The van der Waals surface area contributed by atoms with Crippen LogP contribution in [-0.4, -0.2) is 37.0 Å². The smallest absolute Gasteiger partial charge is 0.283 e. The van der Waals surface area contributed by atoms with Crippen LogP contribution in [0, 0.1) is 6.92 Å². The molecule has 32 heavy (non-hydrogen) atoms. The normalized spacial score (nSPS) is 18.5. The number of hydrogen-bond acceptors (Lipinski definition) is 5. The van der Waals surface area contributed by atoms with Gasteiger partial charge in [0.2, 0.25) is 0 Å². The van der Waals surface area contributed by atoms with Gasteiger partial charge in [0.05, 0.1) is 11.8 Å². The van der Waals surface area contributed by atoms with E-state index in [2.05, 4.69) is 10.6 Å². The topological polar surface area (TPSA) is 87.7 Å². The molecular formula is C23H21Cl2N3O4. The van der Waals surface area contributed by atoms with Gasteiger partial charge in [-0.25, -0.2) is 4.90 Å². The maximum Gasteiger partial charge on any atom is 0.283 e. The van der Waals surface area contributed by atoms with Crippen LogP contribution in [0.1, 0.15) is 28.8 Å². The van der Waals surface area contributed by atoms with Crippen molar-refractivity contribution in [2.45, 2.75) is 25.9 Å². The van der Waals surface area contributed by atoms with Gasteiger partial charge in [-0.3, -0.25) is 14.4 Å². The second-order valence-corrected chi connectivity index (χ2v) is 8.43. The van der Waals surface area contributed by atoms with Crippen LogP contribution in [0.4, 0.5) is 11.4 Å². The molecular weight excluding hydrogens is 453 g/mol. The first-order chi connectivity index (χ1) is 15.3. The molecule has 9 heteroatoms. The van der Waals surface area contributed by atoms with Gasteiger partial charge in [-0.05, 0) is 61.7 Å². The molecule has 0 bridgehead atoms. The number of carbonyl (C=O) groups is 3. The number of hydrogen-bond donors (Lipinski definition) is 2. The highest BCUT2D eigenvalue weighted by molar-refractivity contribution is 6.53. The summed E-state index contributed by atoms with van der Waals surface area (Å²) in [7, 11) is 0. The summed E-state index contributed by atoms with van der Waals surface area (Å²) in [5, 5.41) is 6.07. The molecule has 2 aliphatic heterocycles. The van der Waals surface area contributed by atoms with E-state index in [1.165, 1.54) is 0 Å². The minimum atomic E-state index is -0.635. The molecule has 1 atom stereocenters. The van der Waals surface area contributed by atoms with Crippen molar-refractivity contribution in [2.24, 2.45) is 0 Å². The molecule has 2 N–H and O–H groups in total. The van der Waals surface area contributed by atoms with Crippen molar-refractivity contribution in [3.63, 3.8) is 0 Å². The van der Waals surface area contributed by atoms with Crippen molar-refractivity contribution >= 4 is 52.3 Å². The second kappa shape index (κ2) is 9.32. The lowest BCUT2D eigenvalue weighted by Crippen LogP contribution is -2.32. The van der Waals surface area contributed by atoms with Crippen LogP contribution >= 0.6 is 23.2 Å². The van der Waals surface area contributed by atoms with E-state index in [0.717, 1.165) is 29.9 Å². The summed E-state index contributed by atoms with van der Waals surface area (Å²) in [5.74, 6) is -1.47. The zero-order valence-electron chi connectivity index (χ0n) is 17.3. The van der Waals surface area contributed by atoms with Gasteiger partial charge in [-0.1, -0.05) is 29.3 Å². The van der Waals surface area contributed by atoms with Gasteiger partial charge >= 0.3 is 0 Å². The van der Waals surface area contributed by atoms with Crippen molar-refractivity contribution < 1.29 is 19.1 Å². The molecule has 4 rings (SSSR count). The van der Waals surface area contributed by atoms with Gasteiger partial charge in [0.25, 0.3) is 17.7 Å². The summed E-state index contributed by atoms with van der Waals surface area (Å²) in [6.07, 6.45) is 1.95. The molecule has 2 aliphatic rings. The molecule has 7 nitrogen and oxygen atoms in total. The van der Waals surface area contributed by atoms with E-state index >= 15 is 0 Å². The van der Waals surface area contributed by atoms with Crippen molar-refractivity contribution in [3.8, 4) is 0 Å². The number of carbonyl (C=O) groups excluding carboxylic acids is 3. The number of halogens is 2. The number of benzene rings is 2. The van der Waals surface area contributed by atoms with E-state index in [-0.39, 0.29) is 22.7 Å². The average Bonchev–Trinajstić information content (AvgIpc) is 3.37. The van der Waals surface area contributed by atoms with Gasteiger partial charge in [-0.15, -0.1) is 0 Å². The average molecular weight is 474 g/mol. The van der Waals surface area contributed by atoms with Crippen LogP contribution in [0.2, 0.25) is 5.02 Å². The molecule has 2 heterocycles.